The zero-order chi connectivity index (χ0) is 15.1. The Hall–Kier alpha value is -2.50. The molecule has 0 atom stereocenters. The molecule has 1 aromatic carbocycles. The molecular weight excluding hydrogens is 260 g/mol. The number of Topliss-reactive ketones (excluding diaryl/α,β-unsaturated/α-hetero) is 1. The number of ketones is 1. The predicted octanol–water partition coefficient (Wildman–Crippen LogP) is 3.33. The summed E-state index contributed by atoms with van der Waals surface area (Å²) < 4.78 is 4.90. The fraction of sp³-hybridized carbons (Fsp3) is 0.286. The van der Waals surface area contributed by atoms with Crippen LogP contribution in [0.4, 0.5) is 5.69 Å². The van der Waals surface area contributed by atoms with E-state index in [9.17, 15) is 14.7 Å². The van der Waals surface area contributed by atoms with E-state index in [1.54, 1.807) is 31.2 Å². The van der Waals surface area contributed by atoms with E-state index in [-0.39, 0.29) is 29.3 Å². The molecule has 0 amide bonds. The van der Waals surface area contributed by atoms with Gasteiger partial charge in [0.25, 0.3) is 0 Å². The SMILES string of the molecule is CCOC(=O)c1ccccc1N=NC(C(C)=O)=C(C)O. The van der Waals surface area contributed by atoms with E-state index in [2.05, 4.69) is 10.2 Å². The Bertz CT molecular complexity index is 572. The first-order valence-corrected chi connectivity index (χ1v) is 6.06. The Morgan fingerprint density at radius 3 is 2.45 bits per heavy atom. The zero-order valence-corrected chi connectivity index (χ0v) is 11.6. The van der Waals surface area contributed by atoms with E-state index < -0.39 is 11.8 Å². The highest BCUT2D eigenvalue weighted by molar-refractivity contribution is 5.95. The summed E-state index contributed by atoms with van der Waals surface area (Å²) in [5, 5.41) is 16.9. The van der Waals surface area contributed by atoms with Crippen LogP contribution in [0.1, 0.15) is 31.1 Å². The number of carbonyl (C=O) groups is 2. The third-order valence-corrected chi connectivity index (χ3v) is 2.33. The number of hydrogen-bond donors (Lipinski definition) is 1. The van der Waals surface area contributed by atoms with Crippen molar-refractivity contribution in [3.05, 3.63) is 41.3 Å². The standard InChI is InChI=1S/C14H16N2O4/c1-4-20-14(19)11-7-5-6-8-12(11)15-16-13(9(2)17)10(3)18/h5-8,17H,4H2,1-3H3. The minimum atomic E-state index is -0.517. The molecule has 1 rings (SSSR count). The van der Waals surface area contributed by atoms with Crippen LogP contribution in [0, 0.1) is 0 Å². The molecule has 0 heterocycles. The van der Waals surface area contributed by atoms with Gasteiger partial charge in [0.1, 0.15) is 11.4 Å². The van der Waals surface area contributed by atoms with E-state index in [0.717, 1.165) is 0 Å². The molecule has 0 saturated carbocycles. The van der Waals surface area contributed by atoms with Gasteiger partial charge in [-0.25, -0.2) is 4.79 Å². The van der Waals surface area contributed by atoms with Crippen molar-refractivity contribution in [3.63, 3.8) is 0 Å². The first kappa shape index (κ1) is 15.6. The van der Waals surface area contributed by atoms with Gasteiger partial charge in [-0.1, -0.05) is 12.1 Å². The number of rotatable bonds is 5. The number of aliphatic hydroxyl groups excluding tert-OH is 1. The lowest BCUT2D eigenvalue weighted by Crippen LogP contribution is -2.04. The number of hydrogen-bond acceptors (Lipinski definition) is 6. The van der Waals surface area contributed by atoms with Crippen molar-refractivity contribution in [2.75, 3.05) is 6.61 Å². The van der Waals surface area contributed by atoms with Gasteiger partial charge < -0.3 is 9.84 Å². The zero-order valence-electron chi connectivity index (χ0n) is 11.6. The Morgan fingerprint density at radius 2 is 1.90 bits per heavy atom. The topological polar surface area (TPSA) is 88.3 Å². The lowest BCUT2D eigenvalue weighted by atomic mass is 10.2. The molecule has 6 nitrogen and oxygen atoms in total. The molecule has 0 aromatic heterocycles. The average molecular weight is 276 g/mol. The number of ether oxygens (including phenoxy) is 1. The van der Waals surface area contributed by atoms with Crippen molar-refractivity contribution >= 4 is 17.4 Å². The maximum atomic E-state index is 11.7. The molecule has 6 heteroatoms. The van der Waals surface area contributed by atoms with Crippen LogP contribution >= 0.6 is 0 Å². The predicted molar refractivity (Wildman–Crippen MR) is 72.9 cm³/mol. The van der Waals surface area contributed by atoms with E-state index in [0.29, 0.717) is 0 Å². The molecule has 0 unspecified atom stereocenters. The maximum absolute atomic E-state index is 11.7. The second-order valence-electron chi connectivity index (χ2n) is 3.93. The maximum Gasteiger partial charge on any atom is 0.340 e. The number of benzene rings is 1. The number of allylic oxidation sites excluding steroid dienone is 2. The molecule has 0 aliphatic rings. The summed E-state index contributed by atoms with van der Waals surface area (Å²) in [5.41, 5.74) is 0.367. The number of carbonyl (C=O) groups excluding carboxylic acids is 2. The molecule has 0 spiro atoms. The van der Waals surface area contributed by atoms with Gasteiger partial charge in [0.05, 0.1) is 12.2 Å². The molecule has 106 valence electrons. The molecule has 1 aromatic rings. The van der Waals surface area contributed by atoms with Crippen LogP contribution in [0.25, 0.3) is 0 Å². The highest BCUT2D eigenvalue weighted by Gasteiger charge is 2.12. The number of esters is 1. The minimum Gasteiger partial charge on any atom is -0.510 e. The molecule has 0 radical (unpaired) electrons. The Labute approximate surface area is 116 Å². The van der Waals surface area contributed by atoms with Crippen LogP contribution in [-0.2, 0) is 9.53 Å². The molecule has 20 heavy (non-hydrogen) atoms. The van der Waals surface area contributed by atoms with Crippen LogP contribution in [0.3, 0.4) is 0 Å². The molecule has 0 fully saturated rings. The van der Waals surface area contributed by atoms with Gasteiger partial charge in [0.15, 0.2) is 11.5 Å². The van der Waals surface area contributed by atoms with Crippen molar-refractivity contribution in [2.24, 2.45) is 10.2 Å². The third-order valence-electron chi connectivity index (χ3n) is 2.33. The summed E-state index contributed by atoms with van der Waals surface area (Å²) in [6, 6.07) is 6.47. The van der Waals surface area contributed by atoms with Crippen molar-refractivity contribution in [3.8, 4) is 0 Å². The van der Waals surface area contributed by atoms with Crippen molar-refractivity contribution in [2.45, 2.75) is 20.8 Å². The Morgan fingerprint density at radius 1 is 1.25 bits per heavy atom. The van der Waals surface area contributed by atoms with Gasteiger partial charge in [-0.3, -0.25) is 4.79 Å². The molecule has 0 bridgehead atoms. The van der Waals surface area contributed by atoms with Crippen molar-refractivity contribution in [1.29, 1.82) is 0 Å². The van der Waals surface area contributed by atoms with Crippen molar-refractivity contribution in [1.82, 2.24) is 0 Å². The Kier molecular flexibility index (Phi) is 5.58. The number of nitrogens with zero attached hydrogens (tertiary/aromatic N) is 2. The van der Waals surface area contributed by atoms with Gasteiger partial charge in [0, 0.05) is 6.92 Å². The van der Waals surface area contributed by atoms with E-state index in [4.69, 9.17) is 4.74 Å². The number of azo groups is 1. The summed E-state index contributed by atoms with van der Waals surface area (Å²) in [7, 11) is 0. The summed E-state index contributed by atoms with van der Waals surface area (Å²) in [5.74, 6) is -1.16. The molecule has 0 aliphatic heterocycles. The highest BCUT2D eigenvalue weighted by Crippen LogP contribution is 2.21. The fourth-order valence-corrected chi connectivity index (χ4v) is 1.44. The summed E-state index contributed by atoms with van der Waals surface area (Å²) in [4.78, 5) is 23.0. The lowest BCUT2D eigenvalue weighted by molar-refractivity contribution is -0.113. The smallest absolute Gasteiger partial charge is 0.340 e. The first-order chi connectivity index (χ1) is 9.47. The third kappa shape index (κ3) is 4.01. The van der Waals surface area contributed by atoms with Crippen LogP contribution in [0.15, 0.2) is 46.0 Å². The molecule has 0 saturated heterocycles. The van der Waals surface area contributed by atoms with Gasteiger partial charge in [-0.2, -0.15) is 0 Å². The van der Waals surface area contributed by atoms with Crippen LogP contribution in [-0.4, -0.2) is 23.5 Å². The fourth-order valence-electron chi connectivity index (χ4n) is 1.44. The largest absolute Gasteiger partial charge is 0.510 e. The monoisotopic (exact) mass is 276 g/mol. The minimum absolute atomic E-state index is 0.149. The van der Waals surface area contributed by atoms with Gasteiger partial charge in [-0.15, -0.1) is 10.2 Å². The van der Waals surface area contributed by atoms with Crippen LogP contribution in [0.5, 0.6) is 0 Å². The van der Waals surface area contributed by atoms with Crippen LogP contribution in [0.2, 0.25) is 0 Å². The molecule has 1 N–H and O–H groups in total. The van der Waals surface area contributed by atoms with E-state index in [1.807, 2.05) is 0 Å². The van der Waals surface area contributed by atoms with Gasteiger partial charge in [0.2, 0.25) is 0 Å². The highest BCUT2D eigenvalue weighted by atomic mass is 16.5. The second-order valence-corrected chi connectivity index (χ2v) is 3.93. The number of aliphatic hydroxyl groups is 1. The Balaban J connectivity index is 3.13. The van der Waals surface area contributed by atoms with Crippen LogP contribution < -0.4 is 0 Å². The summed E-state index contributed by atoms with van der Waals surface area (Å²) >= 11 is 0. The average Bonchev–Trinajstić information content (AvgIpc) is 2.38. The summed E-state index contributed by atoms with van der Waals surface area (Å²) in [6.45, 7) is 4.56. The van der Waals surface area contributed by atoms with E-state index >= 15 is 0 Å². The second kappa shape index (κ2) is 7.18. The van der Waals surface area contributed by atoms with Crippen molar-refractivity contribution < 1.29 is 19.4 Å². The lowest BCUT2D eigenvalue weighted by Gasteiger charge is -2.04. The van der Waals surface area contributed by atoms with Gasteiger partial charge >= 0.3 is 5.97 Å². The van der Waals surface area contributed by atoms with Gasteiger partial charge in [-0.05, 0) is 26.0 Å². The van der Waals surface area contributed by atoms with E-state index in [1.165, 1.54) is 13.8 Å². The quantitative estimate of drug-likeness (QED) is 0.386. The normalized spacial score (nSPS) is 12.2. The molecular formula is C14H16N2O4. The molecule has 0 aliphatic carbocycles. The summed E-state index contributed by atoms with van der Waals surface area (Å²) in [6.07, 6.45) is 0. The first-order valence-electron chi connectivity index (χ1n) is 6.06.